The lowest BCUT2D eigenvalue weighted by atomic mass is 10.1. The molecule has 0 spiro atoms. The number of carbonyl (C=O) groups is 1. The number of nitrogens with one attached hydrogen (secondary N) is 1. The van der Waals surface area contributed by atoms with Crippen LogP contribution >= 0.6 is 0 Å². The van der Waals surface area contributed by atoms with E-state index in [4.69, 9.17) is 10.00 Å². The van der Waals surface area contributed by atoms with Gasteiger partial charge in [0, 0.05) is 17.1 Å². The van der Waals surface area contributed by atoms with E-state index in [9.17, 15) is 4.79 Å². The summed E-state index contributed by atoms with van der Waals surface area (Å²) in [5.41, 5.74) is 1.32. The summed E-state index contributed by atoms with van der Waals surface area (Å²) in [5, 5.41) is 9.29. The van der Waals surface area contributed by atoms with Gasteiger partial charge in [-0.1, -0.05) is 12.1 Å². The summed E-state index contributed by atoms with van der Waals surface area (Å²) in [7, 11) is 1.58. The highest BCUT2D eigenvalue weighted by Gasteiger charge is 2.13. The number of ketones is 1. The minimum absolute atomic E-state index is 0.107. The molecule has 2 aromatic rings. The van der Waals surface area contributed by atoms with Gasteiger partial charge in [-0.2, -0.15) is 5.26 Å². The highest BCUT2D eigenvalue weighted by molar-refractivity contribution is 6.09. The normalized spacial score (nSPS) is 10.0. The number of ether oxygens (including phenoxy) is 1. The van der Waals surface area contributed by atoms with Gasteiger partial charge in [0.1, 0.15) is 5.75 Å². The lowest BCUT2D eigenvalue weighted by molar-refractivity contribution is 0.0999. The molecule has 0 saturated carbocycles. The minimum Gasteiger partial charge on any atom is -0.495 e. The quantitative estimate of drug-likeness (QED) is 0.797. The third kappa shape index (κ3) is 1.52. The molecule has 0 aliphatic rings. The Kier molecular flexibility index (Phi) is 2.61. The molecule has 1 N–H and O–H groups in total. The fourth-order valence-electron chi connectivity index (χ4n) is 1.69. The van der Waals surface area contributed by atoms with E-state index in [1.807, 2.05) is 24.3 Å². The average molecular weight is 214 g/mol. The second-order valence-electron chi connectivity index (χ2n) is 3.34. The number of nitrogens with zero attached hydrogens (tertiary/aromatic N) is 1. The second-order valence-corrected chi connectivity index (χ2v) is 3.34. The van der Waals surface area contributed by atoms with Crippen molar-refractivity contribution >= 4 is 16.7 Å². The molecule has 2 rings (SSSR count). The Hall–Kier alpha value is -2.28. The summed E-state index contributed by atoms with van der Waals surface area (Å²) >= 11 is 0. The number of benzene rings is 1. The average Bonchev–Trinajstić information content (AvgIpc) is 2.72. The van der Waals surface area contributed by atoms with Crippen molar-refractivity contribution in [2.45, 2.75) is 6.42 Å². The van der Waals surface area contributed by atoms with Gasteiger partial charge in [0.15, 0.2) is 5.78 Å². The standard InChI is InChI=1S/C12H10N2O2/c1-16-11-4-2-3-8-9(7-14-12(8)11)10(15)5-6-13/h2-4,7,14H,5H2,1H3. The summed E-state index contributed by atoms with van der Waals surface area (Å²) < 4.78 is 5.17. The van der Waals surface area contributed by atoms with Crippen LogP contribution in [0.3, 0.4) is 0 Å². The predicted molar refractivity (Wildman–Crippen MR) is 59.4 cm³/mol. The fourth-order valence-corrected chi connectivity index (χ4v) is 1.69. The first-order valence-corrected chi connectivity index (χ1v) is 4.82. The number of methoxy groups -OCH3 is 1. The molecule has 1 heterocycles. The lowest BCUT2D eigenvalue weighted by Crippen LogP contribution is -1.95. The number of hydrogen-bond acceptors (Lipinski definition) is 3. The van der Waals surface area contributed by atoms with E-state index >= 15 is 0 Å². The first kappa shape index (κ1) is 10.2. The van der Waals surface area contributed by atoms with Gasteiger partial charge in [-0.25, -0.2) is 0 Å². The van der Waals surface area contributed by atoms with Gasteiger partial charge in [-0.05, 0) is 6.07 Å². The van der Waals surface area contributed by atoms with E-state index in [2.05, 4.69) is 4.98 Å². The van der Waals surface area contributed by atoms with Crippen LogP contribution in [-0.2, 0) is 0 Å². The monoisotopic (exact) mass is 214 g/mol. The van der Waals surface area contributed by atoms with Gasteiger partial charge in [-0.15, -0.1) is 0 Å². The van der Waals surface area contributed by atoms with Crippen molar-refractivity contribution in [2.24, 2.45) is 0 Å². The van der Waals surface area contributed by atoms with Crippen molar-refractivity contribution in [1.29, 1.82) is 5.26 Å². The van der Waals surface area contributed by atoms with Crippen molar-refractivity contribution < 1.29 is 9.53 Å². The van der Waals surface area contributed by atoms with Crippen LogP contribution in [0.25, 0.3) is 10.9 Å². The number of fused-ring (bicyclic) bond motifs is 1. The zero-order valence-corrected chi connectivity index (χ0v) is 8.78. The van der Waals surface area contributed by atoms with Crippen molar-refractivity contribution in [2.75, 3.05) is 7.11 Å². The maximum Gasteiger partial charge on any atom is 0.179 e. The van der Waals surface area contributed by atoms with Crippen LogP contribution < -0.4 is 4.74 Å². The molecular weight excluding hydrogens is 204 g/mol. The highest BCUT2D eigenvalue weighted by Crippen LogP contribution is 2.27. The molecule has 0 bridgehead atoms. The summed E-state index contributed by atoms with van der Waals surface area (Å²) in [6.45, 7) is 0. The van der Waals surface area contributed by atoms with E-state index in [-0.39, 0.29) is 12.2 Å². The van der Waals surface area contributed by atoms with Crippen LogP contribution in [0.4, 0.5) is 0 Å². The molecule has 80 valence electrons. The molecule has 0 fully saturated rings. The first-order chi connectivity index (χ1) is 7.77. The molecule has 0 radical (unpaired) electrons. The molecule has 0 atom stereocenters. The van der Waals surface area contributed by atoms with Crippen molar-refractivity contribution in [3.05, 3.63) is 30.0 Å². The van der Waals surface area contributed by atoms with E-state index < -0.39 is 0 Å². The van der Waals surface area contributed by atoms with Crippen LogP contribution in [0.1, 0.15) is 16.8 Å². The summed E-state index contributed by atoms with van der Waals surface area (Å²) in [6.07, 6.45) is 1.51. The van der Waals surface area contributed by atoms with Gasteiger partial charge in [-0.3, -0.25) is 4.79 Å². The number of carbonyl (C=O) groups excluding carboxylic acids is 1. The molecule has 4 nitrogen and oxygen atoms in total. The molecule has 1 aromatic carbocycles. The topological polar surface area (TPSA) is 65.9 Å². The Bertz CT molecular complexity index is 578. The van der Waals surface area contributed by atoms with Crippen molar-refractivity contribution in [3.8, 4) is 11.8 Å². The Morgan fingerprint density at radius 2 is 2.38 bits per heavy atom. The number of aromatic amines is 1. The van der Waals surface area contributed by atoms with Gasteiger partial charge in [0.05, 0.1) is 25.1 Å². The van der Waals surface area contributed by atoms with E-state index in [0.29, 0.717) is 11.3 Å². The van der Waals surface area contributed by atoms with E-state index in [1.54, 1.807) is 13.3 Å². The Morgan fingerprint density at radius 1 is 1.56 bits per heavy atom. The summed E-state index contributed by atoms with van der Waals surface area (Å²) in [6, 6.07) is 7.32. The number of rotatable bonds is 3. The molecule has 0 aliphatic heterocycles. The first-order valence-electron chi connectivity index (χ1n) is 4.82. The largest absolute Gasteiger partial charge is 0.495 e. The van der Waals surface area contributed by atoms with Gasteiger partial charge in [0.2, 0.25) is 0 Å². The lowest BCUT2D eigenvalue weighted by Gasteiger charge is -2.00. The van der Waals surface area contributed by atoms with Crippen molar-refractivity contribution in [1.82, 2.24) is 4.98 Å². The van der Waals surface area contributed by atoms with E-state index in [1.165, 1.54) is 0 Å². The zero-order chi connectivity index (χ0) is 11.5. The SMILES string of the molecule is COc1cccc2c(C(=O)CC#N)c[nH]c12. The number of Topliss-reactive ketones (excluding diaryl/α,β-unsaturated/α-hetero) is 1. The highest BCUT2D eigenvalue weighted by atomic mass is 16.5. The number of aromatic nitrogens is 1. The number of H-pyrrole nitrogens is 1. The molecule has 1 aromatic heterocycles. The molecule has 0 saturated heterocycles. The summed E-state index contributed by atoms with van der Waals surface area (Å²) in [4.78, 5) is 14.6. The van der Waals surface area contributed by atoms with E-state index in [0.717, 1.165) is 10.9 Å². The maximum atomic E-state index is 11.6. The second kappa shape index (κ2) is 4.07. The minimum atomic E-state index is -0.179. The number of nitriles is 1. The number of hydrogen-bond donors (Lipinski definition) is 1. The fraction of sp³-hybridized carbons (Fsp3) is 0.167. The van der Waals surface area contributed by atoms with Crippen LogP contribution in [0.5, 0.6) is 5.75 Å². The molecule has 0 unspecified atom stereocenters. The number of para-hydroxylation sites is 1. The van der Waals surface area contributed by atoms with Crippen LogP contribution in [-0.4, -0.2) is 17.9 Å². The Balaban J connectivity index is 2.58. The van der Waals surface area contributed by atoms with Gasteiger partial charge in [0.25, 0.3) is 0 Å². The predicted octanol–water partition coefficient (Wildman–Crippen LogP) is 2.27. The molecule has 4 heteroatoms. The van der Waals surface area contributed by atoms with Crippen LogP contribution in [0.2, 0.25) is 0 Å². The third-order valence-corrected chi connectivity index (χ3v) is 2.44. The Morgan fingerprint density at radius 3 is 3.06 bits per heavy atom. The molecule has 16 heavy (non-hydrogen) atoms. The molecular formula is C12H10N2O2. The van der Waals surface area contributed by atoms with Gasteiger partial charge < -0.3 is 9.72 Å². The third-order valence-electron chi connectivity index (χ3n) is 2.44. The van der Waals surface area contributed by atoms with Crippen molar-refractivity contribution in [3.63, 3.8) is 0 Å². The van der Waals surface area contributed by atoms with Crippen LogP contribution in [0.15, 0.2) is 24.4 Å². The smallest absolute Gasteiger partial charge is 0.179 e. The van der Waals surface area contributed by atoms with Gasteiger partial charge >= 0.3 is 0 Å². The maximum absolute atomic E-state index is 11.6. The van der Waals surface area contributed by atoms with Crippen LogP contribution in [0, 0.1) is 11.3 Å². The molecule has 0 aliphatic carbocycles. The zero-order valence-electron chi connectivity index (χ0n) is 8.78. The Labute approximate surface area is 92.4 Å². The summed E-state index contributed by atoms with van der Waals surface area (Å²) in [5.74, 6) is 0.510. The molecule has 0 amide bonds.